The molecule has 0 aromatic heterocycles. The number of alkyl halides is 3. The van der Waals surface area contributed by atoms with Crippen LogP contribution in [0.2, 0.25) is 0 Å². The molecule has 1 amide bonds. The number of carbonyl (C=O) groups is 1. The molecule has 1 aliphatic rings. The molecule has 0 radical (unpaired) electrons. The number of amides is 1. The van der Waals surface area contributed by atoms with Gasteiger partial charge >= 0.3 is 6.18 Å². The minimum Gasteiger partial charge on any atom is -0.378 e. The van der Waals surface area contributed by atoms with Gasteiger partial charge in [0.1, 0.15) is 5.56 Å². The van der Waals surface area contributed by atoms with E-state index >= 15 is 0 Å². The van der Waals surface area contributed by atoms with Crippen LogP contribution in [-0.2, 0) is 10.9 Å². The van der Waals surface area contributed by atoms with Gasteiger partial charge in [0.05, 0.1) is 35.1 Å². The monoisotopic (exact) mass is 395 g/mol. The van der Waals surface area contributed by atoms with Gasteiger partial charge in [-0.05, 0) is 24.3 Å². The lowest BCUT2D eigenvalue weighted by molar-refractivity contribution is -0.385. The molecule has 0 spiro atoms. The number of benzene rings is 2. The first kappa shape index (κ1) is 19.6. The van der Waals surface area contributed by atoms with Crippen molar-refractivity contribution in [2.45, 2.75) is 6.18 Å². The van der Waals surface area contributed by atoms with Crippen LogP contribution in [0.4, 0.5) is 30.2 Å². The molecule has 1 N–H and O–H groups in total. The molecule has 3 rings (SSSR count). The predicted octanol–water partition coefficient (Wildman–Crippen LogP) is 3.70. The summed E-state index contributed by atoms with van der Waals surface area (Å²) in [4.78, 5) is 24.8. The fraction of sp³-hybridized carbons (Fsp3) is 0.278. The molecular weight excluding hydrogens is 379 g/mol. The Balaban J connectivity index is 1.99. The highest BCUT2D eigenvalue weighted by Gasteiger charge is 2.32. The average Bonchev–Trinajstić information content (AvgIpc) is 2.68. The third-order valence-electron chi connectivity index (χ3n) is 4.27. The van der Waals surface area contributed by atoms with Crippen molar-refractivity contribution < 1.29 is 27.6 Å². The van der Waals surface area contributed by atoms with Gasteiger partial charge in [-0.25, -0.2) is 0 Å². The van der Waals surface area contributed by atoms with E-state index in [0.717, 1.165) is 18.2 Å². The summed E-state index contributed by atoms with van der Waals surface area (Å²) < 4.78 is 44.7. The van der Waals surface area contributed by atoms with Crippen molar-refractivity contribution in [2.75, 3.05) is 36.5 Å². The van der Waals surface area contributed by atoms with Crippen molar-refractivity contribution in [1.29, 1.82) is 0 Å². The number of anilines is 2. The number of ether oxygens (including phenoxy) is 1. The highest BCUT2D eigenvalue weighted by molar-refractivity contribution is 6.08. The smallest absolute Gasteiger partial charge is 0.378 e. The van der Waals surface area contributed by atoms with Crippen LogP contribution in [0.1, 0.15) is 15.9 Å². The van der Waals surface area contributed by atoms with E-state index in [-0.39, 0.29) is 11.3 Å². The van der Waals surface area contributed by atoms with Crippen LogP contribution >= 0.6 is 0 Å². The van der Waals surface area contributed by atoms with Crippen molar-refractivity contribution in [3.8, 4) is 0 Å². The first-order chi connectivity index (χ1) is 13.3. The van der Waals surface area contributed by atoms with Crippen molar-refractivity contribution in [2.24, 2.45) is 0 Å². The topological polar surface area (TPSA) is 84.7 Å². The standard InChI is InChI=1S/C18H16F3N3O4/c19-18(20,21)12-5-6-16(23-7-9-28-10-8-23)14(11-12)22-17(25)13-3-1-2-4-15(13)24(26)27/h1-6,11H,7-10H2,(H,22,25). The van der Waals surface area contributed by atoms with Crippen LogP contribution in [-0.4, -0.2) is 37.1 Å². The van der Waals surface area contributed by atoms with Crippen molar-refractivity contribution >= 4 is 23.0 Å². The second kappa shape index (κ2) is 7.85. The van der Waals surface area contributed by atoms with E-state index in [1.165, 1.54) is 24.3 Å². The van der Waals surface area contributed by atoms with Gasteiger partial charge in [-0.15, -0.1) is 0 Å². The Morgan fingerprint density at radius 3 is 2.46 bits per heavy atom. The summed E-state index contributed by atoms with van der Waals surface area (Å²) in [5.74, 6) is -0.860. The summed E-state index contributed by atoms with van der Waals surface area (Å²) >= 11 is 0. The van der Waals surface area contributed by atoms with E-state index in [4.69, 9.17) is 4.74 Å². The van der Waals surface area contributed by atoms with Gasteiger partial charge in [-0.1, -0.05) is 12.1 Å². The molecule has 7 nitrogen and oxygen atoms in total. The fourth-order valence-electron chi connectivity index (χ4n) is 2.91. The Labute approximate surface area is 157 Å². The summed E-state index contributed by atoms with van der Waals surface area (Å²) in [6.07, 6.45) is -4.60. The zero-order valence-corrected chi connectivity index (χ0v) is 14.5. The van der Waals surface area contributed by atoms with Crippen molar-refractivity contribution in [3.05, 3.63) is 63.7 Å². The van der Waals surface area contributed by atoms with E-state index < -0.39 is 28.3 Å². The second-order valence-electron chi connectivity index (χ2n) is 6.06. The molecule has 2 aromatic rings. The average molecular weight is 395 g/mol. The minimum absolute atomic E-state index is 0.0696. The molecule has 0 atom stereocenters. The van der Waals surface area contributed by atoms with E-state index in [2.05, 4.69) is 5.32 Å². The Hall–Kier alpha value is -3.14. The zero-order chi connectivity index (χ0) is 20.3. The number of carbonyl (C=O) groups excluding carboxylic acids is 1. The van der Waals surface area contributed by atoms with E-state index in [0.29, 0.717) is 32.0 Å². The molecule has 1 fully saturated rings. The molecule has 1 saturated heterocycles. The molecule has 0 unspecified atom stereocenters. The van der Waals surface area contributed by atoms with Crippen LogP contribution in [0.5, 0.6) is 0 Å². The summed E-state index contributed by atoms with van der Waals surface area (Å²) in [6.45, 7) is 1.69. The number of halogens is 3. The molecule has 28 heavy (non-hydrogen) atoms. The molecule has 148 valence electrons. The zero-order valence-electron chi connectivity index (χ0n) is 14.5. The molecule has 2 aromatic carbocycles. The van der Waals surface area contributed by atoms with Gasteiger partial charge in [-0.3, -0.25) is 14.9 Å². The van der Waals surface area contributed by atoms with Crippen molar-refractivity contribution in [1.82, 2.24) is 0 Å². The largest absolute Gasteiger partial charge is 0.416 e. The van der Waals surface area contributed by atoms with Gasteiger partial charge < -0.3 is 15.0 Å². The molecule has 10 heteroatoms. The van der Waals surface area contributed by atoms with Gasteiger partial charge in [-0.2, -0.15) is 13.2 Å². The Bertz CT molecular complexity index is 896. The van der Waals surface area contributed by atoms with Crippen LogP contribution in [0, 0.1) is 10.1 Å². The van der Waals surface area contributed by atoms with E-state index in [9.17, 15) is 28.1 Å². The molecule has 1 heterocycles. The lowest BCUT2D eigenvalue weighted by atomic mass is 10.1. The number of nitrogens with one attached hydrogen (secondary N) is 1. The Morgan fingerprint density at radius 1 is 1.14 bits per heavy atom. The number of rotatable bonds is 4. The second-order valence-corrected chi connectivity index (χ2v) is 6.06. The molecule has 1 aliphatic heterocycles. The van der Waals surface area contributed by atoms with E-state index in [1.54, 1.807) is 4.90 Å². The Kier molecular flexibility index (Phi) is 5.50. The van der Waals surface area contributed by atoms with Crippen molar-refractivity contribution in [3.63, 3.8) is 0 Å². The maximum atomic E-state index is 13.1. The third kappa shape index (κ3) is 4.22. The molecule has 0 bridgehead atoms. The third-order valence-corrected chi connectivity index (χ3v) is 4.27. The SMILES string of the molecule is O=C(Nc1cc(C(F)(F)F)ccc1N1CCOCC1)c1ccccc1[N+](=O)[O-]. The summed E-state index contributed by atoms with van der Waals surface area (Å²) in [7, 11) is 0. The highest BCUT2D eigenvalue weighted by Crippen LogP contribution is 2.36. The molecular formula is C18H16F3N3O4. The van der Waals surface area contributed by atoms with Crippen LogP contribution in [0.3, 0.4) is 0 Å². The number of nitro groups is 1. The van der Waals surface area contributed by atoms with Gasteiger partial charge in [0.2, 0.25) is 0 Å². The first-order valence-corrected chi connectivity index (χ1v) is 8.36. The van der Waals surface area contributed by atoms with Crippen LogP contribution in [0.25, 0.3) is 0 Å². The minimum atomic E-state index is -4.60. The van der Waals surface area contributed by atoms with E-state index in [1.807, 2.05) is 0 Å². The summed E-state index contributed by atoms with van der Waals surface area (Å²) in [6, 6.07) is 8.29. The van der Waals surface area contributed by atoms with Crippen LogP contribution < -0.4 is 10.2 Å². The first-order valence-electron chi connectivity index (χ1n) is 8.36. The molecule has 0 aliphatic carbocycles. The summed E-state index contributed by atoms with van der Waals surface area (Å²) in [5.41, 5.74) is -1.27. The highest BCUT2D eigenvalue weighted by atomic mass is 19.4. The lowest BCUT2D eigenvalue weighted by Gasteiger charge is -2.31. The summed E-state index contributed by atoms with van der Waals surface area (Å²) in [5, 5.41) is 13.5. The molecule has 0 saturated carbocycles. The number of nitro benzene ring substituents is 1. The van der Waals surface area contributed by atoms with Gasteiger partial charge in [0, 0.05) is 19.2 Å². The van der Waals surface area contributed by atoms with Gasteiger partial charge in [0.15, 0.2) is 0 Å². The Morgan fingerprint density at radius 2 is 1.82 bits per heavy atom. The number of hydrogen-bond donors (Lipinski definition) is 1. The van der Waals surface area contributed by atoms with Crippen LogP contribution in [0.15, 0.2) is 42.5 Å². The number of nitrogens with zero attached hydrogens (tertiary/aromatic N) is 2. The lowest BCUT2D eigenvalue weighted by Crippen LogP contribution is -2.36. The predicted molar refractivity (Wildman–Crippen MR) is 95.5 cm³/mol. The number of para-hydroxylation sites is 1. The maximum Gasteiger partial charge on any atom is 0.416 e. The fourth-order valence-corrected chi connectivity index (χ4v) is 2.91. The van der Waals surface area contributed by atoms with Gasteiger partial charge in [0.25, 0.3) is 11.6 Å². The number of hydrogen-bond acceptors (Lipinski definition) is 5. The maximum absolute atomic E-state index is 13.1. The quantitative estimate of drug-likeness (QED) is 0.630. The normalized spacial score (nSPS) is 14.6. The number of morpholine rings is 1.